The zero-order chi connectivity index (χ0) is 18.4. The van der Waals surface area contributed by atoms with Crippen molar-refractivity contribution in [1.82, 2.24) is 15.2 Å². The smallest absolute Gasteiger partial charge is 0.338 e. The summed E-state index contributed by atoms with van der Waals surface area (Å²) >= 11 is 0. The summed E-state index contributed by atoms with van der Waals surface area (Å²) in [6.07, 6.45) is 0.414. The molecular weight excluding hydrogens is 332 g/mol. The molecule has 0 amide bonds. The van der Waals surface area contributed by atoms with Gasteiger partial charge in [0, 0.05) is 12.1 Å². The van der Waals surface area contributed by atoms with E-state index in [2.05, 4.69) is 20.5 Å². The number of carbonyl (C=O) groups excluding carboxylic acids is 1. The van der Waals surface area contributed by atoms with Crippen LogP contribution in [0.1, 0.15) is 28.5 Å². The van der Waals surface area contributed by atoms with Crippen molar-refractivity contribution in [1.29, 1.82) is 0 Å². The second kappa shape index (κ2) is 8.06. The van der Waals surface area contributed by atoms with E-state index in [0.29, 0.717) is 30.0 Å². The summed E-state index contributed by atoms with van der Waals surface area (Å²) < 4.78 is 4.93. The van der Waals surface area contributed by atoms with E-state index < -0.39 is 0 Å². The number of H-pyrrole nitrogens is 1. The monoisotopic (exact) mass is 350 g/mol. The van der Waals surface area contributed by atoms with E-state index in [-0.39, 0.29) is 17.5 Å². The number of rotatable bonds is 6. The number of nitrogens with one attached hydrogen (secondary N) is 2. The summed E-state index contributed by atoms with van der Waals surface area (Å²) in [5.41, 5.74) is 2.16. The molecule has 0 unspecified atom stereocenters. The highest BCUT2D eigenvalue weighted by Crippen LogP contribution is 2.14. The van der Waals surface area contributed by atoms with Crippen molar-refractivity contribution in [2.24, 2.45) is 0 Å². The van der Waals surface area contributed by atoms with Gasteiger partial charge in [-0.2, -0.15) is 0 Å². The van der Waals surface area contributed by atoms with Crippen LogP contribution in [0.2, 0.25) is 0 Å². The maximum atomic E-state index is 12.2. The van der Waals surface area contributed by atoms with E-state index in [4.69, 9.17) is 4.74 Å². The van der Waals surface area contributed by atoms with Gasteiger partial charge in [0.1, 0.15) is 5.69 Å². The molecule has 132 valence electrons. The van der Waals surface area contributed by atoms with Crippen LogP contribution in [0.3, 0.4) is 0 Å². The van der Waals surface area contributed by atoms with Crippen molar-refractivity contribution in [3.63, 3.8) is 0 Å². The summed E-state index contributed by atoms with van der Waals surface area (Å²) in [4.78, 5) is 26.5. The normalized spacial score (nSPS) is 10.3. The number of esters is 1. The molecule has 26 heavy (non-hydrogen) atoms. The van der Waals surface area contributed by atoms with Gasteiger partial charge in [0.25, 0.3) is 5.56 Å². The topological polar surface area (TPSA) is 97.0 Å². The standard InChI is InChI=1S/C19H18N4O3/c1-2-26-18(25)14-8-10-15(11-9-14)20-19-21-17(24)16(22-23-19)12-13-6-4-3-5-7-13/h3-11H,2,12H2,1H3,(H2,20,21,23,24). The lowest BCUT2D eigenvalue weighted by Gasteiger charge is -2.07. The fraction of sp³-hybridized carbons (Fsp3) is 0.158. The van der Waals surface area contributed by atoms with E-state index in [1.54, 1.807) is 31.2 Å². The fourth-order valence-corrected chi connectivity index (χ4v) is 2.36. The molecule has 7 heteroatoms. The van der Waals surface area contributed by atoms with Crippen LogP contribution in [0.4, 0.5) is 11.6 Å². The minimum Gasteiger partial charge on any atom is -0.462 e. The lowest BCUT2D eigenvalue weighted by Crippen LogP contribution is -2.18. The van der Waals surface area contributed by atoms with Gasteiger partial charge in [0.2, 0.25) is 5.95 Å². The van der Waals surface area contributed by atoms with Crippen molar-refractivity contribution < 1.29 is 9.53 Å². The lowest BCUT2D eigenvalue weighted by atomic mass is 10.1. The number of aromatic nitrogens is 3. The minimum absolute atomic E-state index is 0.232. The quantitative estimate of drug-likeness (QED) is 0.664. The van der Waals surface area contributed by atoms with Gasteiger partial charge in [-0.15, -0.1) is 10.2 Å². The van der Waals surface area contributed by atoms with Crippen molar-refractivity contribution in [3.8, 4) is 0 Å². The molecule has 0 saturated carbocycles. The Morgan fingerprint density at radius 2 is 1.81 bits per heavy atom. The first kappa shape index (κ1) is 17.3. The molecule has 0 radical (unpaired) electrons. The van der Waals surface area contributed by atoms with Crippen molar-refractivity contribution in [3.05, 3.63) is 81.8 Å². The molecule has 0 aliphatic heterocycles. The van der Waals surface area contributed by atoms with E-state index in [1.165, 1.54) is 0 Å². The second-order valence-corrected chi connectivity index (χ2v) is 5.53. The first-order valence-corrected chi connectivity index (χ1v) is 8.19. The molecular formula is C19H18N4O3. The van der Waals surface area contributed by atoms with Gasteiger partial charge in [0.15, 0.2) is 0 Å². The van der Waals surface area contributed by atoms with Crippen LogP contribution in [0.15, 0.2) is 59.4 Å². The molecule has 1 heterocycles. The molecule has 0 atom stereocenters. The number of ether oxygens (including phenoxy) is 1. The second-order valence-electron chi connectivity index (χ2n) is 5.53. The maximum Gasteiger partial charge on any atom is 0.338 e. The van der Waals surface area contributed by atoms with Crippen molar-refractivity contribution in [2.75, 3.05) is 11.9 Å². The Labute approximate surface area is 150 Å². The Bertz CT molecular complexity index is 937. The lowest BCUT2D eigenvalue weighted by molar-refractivity contribution is 0.0526. The fourth-order valence-electron chi connectivity index (χ4n) is 2.36. The number of hydrogen-bond acceptors (Lipinski definition) is 6. The molecule has 3 rings (SSSR count). The molecule has 0 fully saturated rings. The van der Waals surface area contributed by atoms with Gasteiger partial charge in [-0.05, 0) is 36.8 Å². The first-order valence-electron chi connectivity index (χ1n) is 8.19. The van der Waals surface area contributed by atoms with Gasteiger partial charge in [-0.3, -0.25) is 9.78 Å². The number of nitrogens with zero attached hydrogens (tertiary/aromatic N) is 2. The molecule has 0 aliphatic rings. The zero-order valence-electron chi connectivity index (χ0n) is 14.2. The number of aromatic amines is 1. The largest absolute Gasteiger partial charge is 0.462 e. The molecule has 1 aromatic heterocycles. The van der Waals surface area contributed by atoms with E-state index >= 15 is 0 Å². The van der Waals surface area contributed by atoms with Crippen LogP contribution in [-0.4, -0.2) is 27.8 Å². The SMILES string of the molecule is CCOC(=O)c1ccc(Nc2nnc(Cc3ccccc3)c(=O)[nH]2)cc1. The van der Waals surface area contributed by atoms with Gasteiger partial charge < -0.3 is 10.1 Å². The van der Waals surface area contributed by atoms with Gasteiger partial charge in [-0.1, -0.05) is 30.3 Å². The highest BCUT2D eigenvalue weighted by Gasteiger charge is 2.08. The van der Waals surface area contributed by atoms with Crippen LogP contribution >= 0.6 is 0 Å². The molecule has 2 N–H and O–H groups in total. The Hall–Kier alpha value is -3.48. The van der Waals surface area contributed by atoms with E-state index in [9.17, 15) is 9.59 Å². The molecule has 0 aliphatic carbocycles. The predicted octanol–water partition coefficient (Wildman–Crippen LogP) is 2.68. The molecule has 0 spiro atoms. The van der Waals surface area contributed by atoms with Gasteiger partial charge in [-0.25, -0.2) is 4.79 Å². The Balaban J connectivity index is 1.70. The molecule has 3 aromatic rings. The van der Waals surface area contributed by atoms with Gasteiger partial charge >= 0.3 is 5.97 Å². The number of carbonyl (C=O) groups is 1. The Morgan fingerprint density at radius 3 is 2.46 bits per heavy atom. The predicted molar refractivity (Wildman–Crippen MR) is 97.6 cm³/mol. The zero-order valence-corrected chi connectivity index (χ0v) is 14.2. The molecule has 2 aromatic carbocycles. The van der Waals surface area contributed by atoms with E-state index in [1.807, 2.05) is 30.3 Å². The van der Waals surface area contributed by atoms with Crippen molar-refractivity contribution >= 4 is 17.6 Å². The molecule has 7 nitrogen and oxygen atoms in total. The summed E-state index contributed by atoms with van der Waals surface area (Å²) in [6, 6.07) is 16.3. The average molecular weight is 350 g/mol. The first-order chi connectivity index (χ1) is 12.7. The maximum absolute atomic E-state index is 12.2. The number of benzene rings is 2. The van der Waals surface area contributed by atoms with Gasteiger partial charge in [0.05, 0.1) is 12.2 Å². The average Bonchev–Trinajstić information content (AvgIpc) is 2.66. The number of anilines is 2. The number of hydrogen-bond donors (Lipinski definition) is 2. The van der Waals surface area contributed by atoms with Crippen LogP contribution in [0, 0.1) is 0 Å². The summed E-state index contributed by atoms with van der Waals surface area (Å²) in [7, 11) is 0. The third kappa shape index (κ3) is 4.32. The third-order valence-corrected chi connectivity index (χ3v) is 3.64. The van der Waals surface area contributed by atoms with Crippen LogP contribution in [0.5, 0.6) is 0 Å². The summed E-state index contributed by atoms with van der Waals surface area (Å²) in [6.45, 7) is 2.08. The minimum atomic E-state index is -0.377. The molecule has 0 bridgehead atoms. The van der Waals surface area contributed by atoms with Crippen LogP contribution in [-0.2, 0) is 11.2 Å². The van der Waals surface area contributed by atoms with Crippen molar-refractivity contribution in [2.45, 2.75) is 13.3 Å². The third-order valence-electron chi connectivity index (χ3n) is 3.64. The molecule has 0 saturated heterocycles. The Morgan fingerprint density at radius 1 is 1.08 bits per heavy atom. The summed E-state index contributed by atoms with van der Waals surface area (Å²) in [5, 5.41) is 11.0. The summed E-state index contributed by atoms with van der Waals surface area (Å²) in [5.74, 6) is -0.145. The van der Waals surface area contributed by atoms with Crippen LogP contribution in [0.25, 0.3) is 0 Å². The Kier molecular flexibility index (Phi) is 5.38. The van der Waals surface area contributed by atoms with Crippen LogP contribution < -0.4 is 10.9 Å². The highest BCUT2D eigenvalue weighted by atomic mass is 16.5. The van der Waals surface area contributed by atoms with E-state index in [0.717, 1.165) is 5.56 Å². The highest BCUT2D eigenvalue weighted by molar-refractivity contribution is 5.89.